The minimum absolute atomic E-state index is 0.259. The monoisotopic (exact) mass is 132 g/mol. The van der Waals surface area contributed by atoms with Gasteiger partial charge in [0.1, 0.15) is 0 Å². The van der Waals surface area contributed by atoms with E-state index in [1.807, 2.05) is 0 Å². The van der Waals surface area contributed by atoms with Crippen molar-refractivity contribution in [2.24, 2.45) is 0 Å². The maximum atomic E-state index is 10.3. The van der Waals surface area contributed by atoms with Gasteiger partial charge in [0.25, 0.3) is 0 Å². The highest BCUT2D eigenvalue weighted by molar-refractivity contribution is 7.79. The molecule has 0 fully saturated rings. The molecule has 8 heavy (non-hydrogen) atoms. The van der Waals surface area contributed by atoms with Crippen molar-refractivity contribution in [2.45, 2.75) is 5.88 Å². The summed E-state index contributed by atoms with van der Waals surface area (Å²) in [6, 6.07) is 0. The number of aromatic nitrogens is 2. The van der Waals surface area contributed by atoms with E-state index in [4.69, 9.17) is 0 Å². The van der Waals surface area contributed by atoms with E-state index in [2.05, 4.69) is 22.1 Å². The van der Waals surface area contributed by atoms with Crippen LogP contribution in [0.1, 0.15) is 0 Å². The first kappa shape index (κ1) is 5.43. The van der Waals surface area contributed by atoms with Gasteiger partial charge in [-0.1, -0.05) is 0 Å². The quantitative estimate of drug-likeness (QED) is 0.535. The van der Waals surface area contributed by atoms with E-state index in [1.54, 1.807) is 0 Å². The minimum atomic E-state index is -0.472. The van der Waals surface area contributed by atoms with Gasteiger partial charge in [-0.15, -0.1) is 5.10 Å². The Balaban J connectivity index is 3.11. The average molecular weight is 132 g/mol. The fourth-order valence-electron chi connectivity index (χ4n) is 0.328. The highest BCUT2D eigenvalue weighted by Crippen LogP contribution is 1.77. The Morgan fingerprint density at radius 3 is 3.00 bits per heavy atom. The largest absolute Gasteiger partial charge is 0.437 e. The molecule has 1 aromatic rings. The zero-order valence-corrected chi connectivity index (χ0v) is 4.84. The second kappa shape index (κ2) is 2.04. The molecule has 0 saturated heterocycles. The molecule has 0 amide bonds. The van der Waals surface area contributed by atoms with Crippen LogP contribution in [0.3, 0.4) is 0 Å². The van der Waals surface area contributed by atoms with E-state index in [-0.39, 0.29) is 5.88 Å². The third-order valence-electron chi connectivity index (χ3n) is 0.685. The molecule has 1 rings (SSSR count). The predicted molar refractivity (Wildman–Crippen MR) is 29.7 cm³/mol. The summed E-state index contributed by atoms with van der Waals surface area (Å²) in [5.41, 5.74) is 0. The van der Waals surface area contributed by atoms with Crippen molar-refractivity contribution in [3.05, 3.63) is 16.9 Å². The normalized spacial score (nSPS) is 9.62. The second-order valence-corrected chi connectivity index (χ2v) is 1.43. The summed E-state index contributed by atoms with van der Waals surface area (Å²) < 4.78 is 5.40. The molecule has 4 nitrogen and oxygen atoms in total. The number of nitrogens with zero attached hydrogens (tertiary/aromatic N) is 2. The van der Waals surface area contributed by atoms with Gasteiger partial charge in [-0.25, -0.2) is 4.79 Å². The highest BCUT2D eigenvalue weighted by Gasteiger charge is 1.92. The lowest BCUT2D eigenvalue weighted by atomic mass is 11.2. The van der Waals surface area contributed by atoms with Crippen LogP contribution in [0.4, 0.5) is 0 Å². The first-order valence-electron chi connectivity index (χ1n) is 1.96. The smallest absolute Gasteiger partial charge is 0.395 e. The molecule has 0 N–H and O–H groups in total. The zero-order chi connectivity index (χ0) is 5.98. The lowest BCUT2D eigenvalue weighted by Crippen LogP contribution is -2.12. The minimum Gasteiger partial charge on any atom is -0.395 e. The third kappa shape index (κ3) is 0.764. The number of thiol groups is 1. The van der Waals surface area contributed by atoms with Gasteiger partial charge in [-0.2, -0.15) is 17.3 Å². The van der Waals surface area contributed by atoms with Crippen LogP contribution in [0.15, 0.2) is 15.6 Å². The summed E-state index contributed by atoms with van der Waals surface area (Å²) in [5.74, 6) is -0.213. The van der Waals surface area contributed by atoms with Crippen molar-refractivity contribution in [3.63, 3.8) is 0 Å². The van der Waals surface area contributed by atoms with E-state index < -0.39 is 5.76 Å². The standard InChI is InChI=1S/C3H4N2O2S/c6-3-5(2-8)4-1-7-3/h1,8H,2H2. The van der Waals surface area contributed by atoms with E-state index in [0.29, 0.717) is 0 Å². The van der Waals surface area contributed by atoms with Crippen molar-refractivity contribution >= 4 is 12.6 Å². The molecule has 1 heterocycles. The maximum absolute atomic E-state index is 10.3. The van der Waals surface area contributed by atoms with Crippen LogP contribution in [-0.2, 0) is 5.88 Å². The Morgan fingerprint density at radius 1 is 2.00 bits per heavy atom. The second-order valence-electron chi connectivity index (χ2n) is 1.15. The first-order valence-corrected chi connectivity index (χ1v) is 2.59. The van der Waals surface area contributed by atoms with Crippen molar-refractivity contribution in [1.29, 1.82) is 0 Å². The van der Waals surface area contributed by atoms with Gasteiger partial charge in [0.2, 0.25) is 6.39 Å². The zero-order valence-electron chi connectivity index (χ0n) is 3.94. The Hall–Kier alpha value is -0.710. The molecule has 5 heteroatoms. The predicted octanol–water partition coefficient (Wildman–Crippen LogP) is -0.276. The van der Waals surface area contributed by atoms with Gasteiger partial charge >= 0.3 is 5.76 Å². The van der Waals surface area contributed by atoms with Gasteiger partial charge in [-0.3, -0.25) is 0 Å². The lowest BCUT2D eigenvalue weighted by molar-refractivity contribution is 0.493. The van der Waals surface area contributed by atoms with Gasteiger partial charge in [0.05, 0.1) is 5.88 Å². The topological polar surface area (TPSA) is 48.0 Å². The van der Waals surface area contributed by atoms with E-state index >= 15 is 0 Å². The van der Waals surface area contributed by atoms with Crippen LogP contribution in [0.5, 0.6) is 0 Å². The van der Waals surface area contributed by atoms with E-state index in [1.165, 1.54) is 0 Å². The third-order valence-corrected chi connectivity index (χ3v) is 0.953. The summed E-state index contributed by atoms with van der Waals surface area (Å²) in [4.78, 5) is 10.3. The van der Waals surface area contributed by atoms with Crippen molar-refractivity contribution in [3.8, 4) is 0 Å². The number of hydrogen-bond donors (Lipinski definition) is 1. The number of hydrogen-bond acceptors (Lipinski definition) is 4. The van der Waals surface area contributed by atoms with Gasteiger partial charge in [0.15, 0.2) is 0 Å². The first-order chi connectivity index (χ1) is 3.84. The molecule has 0 unspecified atom stereocenters. The molecule has 0 saturated carbocycles. The van der Waals surface area contributed by atoms with Gasteiger partial charge in [0, 0.05) is 0 Å². The molecular weight excluding hydrogens is 128 g/mol. The molecule has 0 aromatic carbocycles. The van der Waals surface area contributed by atoms with Crippen LogP contribution in [0, 0.1) is 0 Å². The van der Waals surface area contributed by atoms with Gasteiger partial charge in [-0.05, 0) is 0 Å². The molecule has 0 radical (unpaired) electrons. The maximum Gasteiger partial charge on any atom is 0.437 e. The molecule has 44 valence electrons. The Morgan fingerprint density at radius 2 is 2.75 bits per heavy atom. The molecule has 0 spiro atoms. The molecule has 0 bridgehead atoms. The average Bonchev–Trinajstić information content (AvgIpc) is 2.14. The highest BCUT2D eigenvalue weighted by atomic mass is 32.1. The van der Waals surface area contributed by atoms with Crippen LogP contribution in [0.25, 0.3) is 0 Å². The number of rotatable bonds is 1. The lowest BCUT2D eigenvalue weighted by Gasteiger charge is -1.82. The SMILES string of the molecule is O=c1ocnn1CS. The van der Waals surface area contributed by atoms with Crippen LogP contribution in [-0.4, -0.2) is 9.78 Å². The molecule has 0 atom stereocenters. The summed E-state index contributed by atoms with van der Waals surface area (Å²) in [6.07, 6.45) is 1.08. The van der Waals surface area contributed by atoms with Crippen LogP contribution < -0.4 is 5.76 Å². The molecule has 0 aliphatic carbocycles. The fourth-order valence-corrected chi connectivity index (χ4v) is 0.516. The Labute approximate surface area is 50.5 Å². The van der Waals surface area contributed by atoms with Gasteiger partial charge < -0.3 is 4.42 Å². The van der Waals surface area contributed by atoms with Crippen LogP contribution in [0.2, 0.25) is 0 Å². The summed E-state index contributed by atoms with van der Waals surface area (Å²) >= 11 is 3.79. The van der Waals surface area contributed by atoms with E-state index in [0.717, 1.165) is 11.1 Å². The summed E-state index contributed by atoms with van der Waals surface area (Å²) in [6.45, 7) is 0. The van der Waals surface area contributed by atoms with E-state index in [9.17, 15) is 4.79 Å². The molecule has 0 aliphatic rings. The van der Waals surface area contributed by atoms with Crippen molar-refractivity contribution in [1.82, 2.24) is 9.78 Å². The fraction of sp³-hybridized carbons (Fsp3) is 0.333. The Kier molecular flexibility index (Phi) is 1.38. The molecule has 1 aromatic heterocycles. The summed E-state index contributed by atoms with van der Waals surface area (Å²) in [5, 5.41) is 3.50. The van der Waals surface area contributed by atoms with Crippen molar-refractivity contribution in [2.75, 3.05) is 0 Å². The molecular formula is C3H4N2O2S. The summed E-state index contributed by atoms with van der Waals surface area (Å²) in [7, 11) is 0. The molecule has 0 aliphatic heterocycles. The van der Waals surface area contributed by atoms with Crippen molar-refractivity contribution < 1.29 is 4.42 Å². The Bertz CT molecular complexity index is 215. The van der Waals surface area contributed by atoms with Crippen LogP contribution >= 0.6 is 12.6 Å².